The van der Waals surface area contributed by atoms with Crippen molar-refractivity contribution in [3.8, 4) is 23.1 Å². The van der Waals surface area contributed by atoms with Crippen molar-refractivity contribution in [1.29, 1.82) is 0 Å². The minimum atomic E-state index is -0.738. The molecular weight excluding hydrogens is 588 g/mol. The minimum absolute atomic E-state index is 0.0831. The monoisotopic (exact) mass is 606 g/mol. The van der Waals surface area contributed by atoms with E-state index in [1.807, 2.05) is 0 Å². The van der Waals surface area contributed by atoms with Crippen LogP contribution < -0.4 is 15.0 Å². The molecule has 2 heterocycles. The molecule has 202 valence electrons. The molecule has 0 saturated heterocycles. The van der Waals surface area contributed by atoms with E-state index >= 15 is 0 Å². The molecule has 0 atom stereocenters. The summed E-state index contributed by atoms with van der Waals surface area (Å²) in [5.74, 6) is -0.0852. The topological polar surface area (TPSA) is 148 Å². The highest BCUT2D eigenvalue weighted by molar-refractivity contribution is 9.10. The molecule has 0 aliphatic carbocycles. The Morgan fingerprint density at radius 3 is 2.70 bits per heavy atom. The second-order valence-corrected chi connectivity index (χ2v) is 9.18. The molecule has 0 bridgehead atoms. The Balaban J connectivity index is 1.71. The Bertz CT molecular complexity index is 1880. The maximum Gasteiger partial charge on any atom is 0.343 e. The van der Waals surface area contributed by atoms with Crippen molar-refractivity contribution >= 4 is 55.7 Å². The van der Waals surface area contributed by atoms with E-state index in [2.05, 4.69) is 30.8 Å². The van der Waals surface area contributed by atoms with E-state index in [9.17, 15) is 19.7 Å². The van der Waals surface area contributed by atoms with Gasteiger partial charge < -0.3 is 18.6 Å². The zero-order chi connectivity index (χ0) is 28.4. The minimum Gasteiger partial charge on any atom is -0.496 e. The van der Waals surface area contributed by atoms with Gasteiger partial charge >= 0.3 is 11.7 Å². The third-order valence-electron chi connectivity index (χ3n) is 5.85. The summed E-state index contributed by atoms with van der Waals surface area (Å²) in [4.78, 5) is 41.0. The number of carbonyl (C=O) groups excluding carboxylic acids is 1. The van der Waals surface area contributed by atoms with Crippen LogP contribution in [0.1, 0.15) is 5.56 Å². The van der Waals surface area contributed by atoms with Gasteiger partial charge in [0.15, 0.2) is 12.4 Å². The average Bonchev–Trinajstić information content (AvgIpc) is 3.40. The summed E-state index contributed by atoms with van der Waals surface area (Å²) in [5.41, 5.74) is 0.108. The molecule has 5 aromatic rings. The molecule has 0 aliphatic rings. The van der Waals surface area contributed by atoms with E-state index < -0.39 is 28.7 Å². The maximum absolute atomic E-state index is 13.6. The molecule has 0 spiro atoms. The molecule has 13 heteroatoms. The fraction of sp³-hybridized carbons (Fsp3) is 0.111. The van der Waals surface area contributed by atoms with E-state index in [-0.39, 0.29) is 22.9 Å². The van der Waals surface area contributed by atoms with E-state index in [4.69, 9.17) is 13.9 Å². The van der Waals surface area contributed by atoms with Crippen LogP contribution in [-0.4, -0.2) is 47.6 Å². The van der Waals surface area contributed by atoms with Crippen LogP contribution in [0.2, 0.25) is 0 Å². The fourth-order valence-electron chi connectivity index (χ4n) is 4.01. The van der Waals surface area contributed by atoms with Crippen LogP contribution in [0.15, 0.2) is 79.4 Å². The number of halogens is 1. The lowest BCUT2D eigenvalue weighted by Gasteiger charge is -2.10. The average molecular weight is 607 g/mol. The number of hydrogen-bond acceptors (Lipinski definition) is 10. The van der Waals surface area contributed by atoms with Gasteiger partial charge in [-0.2, -0.15) is 9.78 Å². The molecule has 12 nitrogen and oxygen atoms in total. The van der Waals surface area contributed by atoms with Gasteiger partial charge in [0, 0.05) is 16.1 Å². The number of rotatable bonds is 8. The summed E-state index contributed by atoms with van der Waals surface area (Å²) in [6, 6.07) is 16.4. The van der Waals surface area contributed by atoms with Gasteiger partial charge in [-0.15, -0.1) is 0 Å². The smallest absolute Gasteiger partial charge is 0.343 e. The Labute approximate surface area is 233 Å². The van der Waals surface area contributed by atoms with Gasteiger partial charge in [-0.1, -0.05) is 34.1 Å². The van der Waals surface area contributed by atoms with Crippen molar-refractivity contribution in [3.63, 3.8) is 0 Å². The zero-order valence-electron chi connectivity index (χ0n) is 21.0. The van der Waals surface area contributed by atoms with Crippen molar-refractivity contribution in [1.82, 2.24) is 9.66 Å². The summed E-state index contributed by atoms with van der Waals surface area (Å²) in [6.45, 7) is -0.580. The molecule has 2 aromatic heterocycles. The maximum atomic E-state index is 13.6. The standard InChI is InChI=1S/C27H19BrN4O8/c1-37-21-8-5-9-22-18(21)12-23(40-22)26-30-19-7-4-3-6-17(19)27(34)31(26)29-13-15-10-16(28)11-20(32(35)36)25(15)39-14-24(33)38-2/h3-13H,14H2,1-2H3. The molecule has 40 heavy (non-hydrogen) atoms. The second-order valence-electron chi connectivity index (χ2n) is 8.26. The number of methoxy groups -OCH3 is 2. The first-order valence-electron chi connectivity index (χ1n) is 11.6. The van der Waals surface area contributed by atoms with Crippen LogP contribution in [0.4, 0.5) is 5.69 Å². The highest BCUT2D eigenvalue weighted by Crippen LogP contribution is 2.35. The normalized spacial score (nSPS) is 11.3. The van der Waals surface area contributed by atoms with Crippen molar-refractivity contribution in [3.05, 3.63) is 91.2 Å². The van der Waals surface area contributed by atoms with Gasteiger partial charge in [-0.3, -0.25) is 14.9 Å². The van der Waals surface area contributed by atoms with Crippen molar-refractivity contribution in [2.75, 3.05) is 20.8 Å². The third kappa shape index (κ3) is 5.01. The SMILES string of the molecule is COC(=O)COc1c(C=Nn2c(-c3cc4c(OC)cccc4o3)nc3ccccc3c2=O)cc(Br)cc1[N+](=O)[O-]. The largest absolute Gasteiger partial charge is 0.496 e. The molecule has 0 radical (unpaired) electrons. The Hall–Kier alpha value is -5.04. The fourth-order valence-corrected chi connectivity index (χ4v) is 4.47. The number of ether oxygens (including phenoxy) is 3. The number of nitro groups is 1. The molecule has 3 aromatic carbocycles. The number of benzene rings is 3. The summed E-state index contributed by atoms with van der Waals surface area (Å²) < 4.78 is 22.8. The number of para-hydroxylation sites is 1. The number of esters is 1. The molecule has 0 unspecified atom stereocenters. The first kappa shape index (κ1) is 26.6. The third-order valence-corrected chi connectivity index (χ3v) is 6.31. The van der Waals surface area contributed by atoms with Gasteiger partial charge in [-0.25, -0.2) is 9.78 Å². The van der Waals surface area contributed by atoms with Gasteiger partial charge in [0.05, 0.1) is 41.6 Å². The van der Waals surface area contributed by atoms with Crippen LogP contribution in [-0.2, 0) is 9.53 Å². The van der Waals surface area contributed by atoms with Gasteiger partial charge in [-0.05, 0) is 36.4 Å². The molecule has 0 saturated carbocycles. The predicted molar refractivity (Wildman–Crippen MR) is 149 cm³/mol. The van der Waals surface area contributed by atoms with Gasteiger partial charge in [0.1, 0.15) is 11.3 Å². The zero-order valence-corrected chi connectivity index (χ0v) is 22.6. The first-order valence-corrected chi connectivity index (χ1v) is 12.4. The molecular formula is C27H19BrN4O8. The number of furan rings is 1. The van der Waals surface area contributed by atoms with Crippen molar-refractivity contribution < 1.29 is 28.3 Å². The first-order chi connectivity index (χ1) is 19.3. The number of aromatic nitrogens is 2. The highest BCUT2D eigenvalue weighted by Gasteiger charge is 2.23. The van der Waals surface area contributed by atoms with Crippen LogP contribution in [0, 0.1) is 10.1 Å². The number of nitrogens with zero attached hydrogens (tertiary/aromatic N) is 4. The lowest BCUT2D eigenvalue weighted by molar-refractivity contribution is -0.385. The Kier molecular flexibility index (Phi) is 7.29. The predicted octanol–water partition coefficient (Wildman–Crippen LogP) is 4.92. The summed E-state index contributed by atoms with van der Waals surface area (Å²) >= 11 is 3.25. The van der Waals surface area contributed by atoms with E-state index in [1.165, 1.54) is 32.6 Å². The van der Waals surface area contributed by atoms with E-state index in [0.717, 1.165) is 4.68 Å². The van der Waals surface area contributed by atoms with Crippen molar-refractivity contribution in [2.45, 2.75) is 0 Å². The summed E-state index contributed by atoms with van der Waals surface area (Å²) in [5, 5.41) is 17.1. The number of carbonyl (C=O) groups is 1. The van der Waals surface area contributed by atoms with Crippen LogP contribution in [0.3, 0.4) is 0 Å². The number of fused-ring (bicyclic) bond motifs is 2. The van der Waals surface area contributed by atoms with Crippen molar-refractivity contribution in [2.24, 2.45) is 5.10 Å². The quantitative estimate of drug-likeness (QED) is 0.104. The van der Waals surface area contributed by atoms with Gasteiger partial charge in [0.2, 0.25) is 11.6 Å². The summed E-state index contributed by atoms with van der Waals surface area (Å²) in [7, 11) is 2.70. The molecule has 0 fully saturated rings. The van der Waals surface area contributed by atoms with Crippen LogP contribution in [0.25, 0.3) is 33.5 Å². The Morgan fingerprint density at radius 2 is 1.95 bits per heavy atom. The molecule has 0 N–H and O–H groups in total. The lowest BCUT2D eigenvalue weighted by atomic mass is 10.2. The van der Waals surface area contributed by atoms with E-state index in [0.29, 0.717) is 32.1 Å². The Morgan fingerprint density at radius 1 is 1.15 bits per heavy atom. The number of hydrogen-bond donors (Lipinski definition) is 0. The second kappa shape index (κ2) is 11.0. The highest BCUT2D eigenvalue weighted by atomic mass is 79.9. The lowest BCUT2D eigenvalue weighted by Crippen LogP contribution is -2.20. The molecule has 0 aliphatic heterocycles. The van der Waals surface area contributed by atoms with E-state index in [1.54, 1.807) is 48.5 Å². The van der Waals surface area contributed by atoms with Crippen LogP contribution >= 0.6 is 15.9 Å². The van der Waals surface area contributed by atoms with Crippen LogP contribution in [0.5, 0.6) is 11.5 Å². The number of nitro benzene ring substituents is 1. The summed E-state index contributed by atoms with van der Waals surface area (Å²) in [6.07, 6.45) is 1.20. The molecule has 0 amide bonds. The molecule has 5 rings (SSSR count). The van der Waals surface area contributed by atoms with Gasteiger partial charge in [0.25, 0.3) is 5.56 Å².